The maximum Gasteiger partial charge on any atom is 0.336 e. The van der Waals surface area contributed by atoms with Crippen LogP contribution < -0.4 is 0 Å². The molecule has 0 heterocycles. The second-order valence-electron chi connectivity index (χ2n) is 3.81. The van der Waals surface area contributed by atoms with Crippen molar-refractivity contribution in [3.05, 3.63) is 58.6 Å². The van der Waals surface area contributed by atoms with Gasteiger partial charge in [-0.05, 0) is 36.8 Å². The second-order valence-corrected chi connectivity index (χ2v) is 5.33. The fourth-order valence-electron chi connectivity index (χ4n) is 1.55. The maximum atomic E-state index is 11.2. The molecule has 92 valence electrons. The Morgan fingerprint density at radius 3 is 2.56 bits per heavy atom. The highest BCUT2D eigenvalue weighted by Crippen LogP contribution is 2.33. The number of hydrogen-bond donors (Lipinski definition) is 1. The molecule has 0 unspecified atom stereocenters. The molecule has 0 bridgehead atoms. The standard InChI is InChI=1S/C14H11ClO2S/c1-9-4-2-3-5-12(9)18-13-7-6-10(15)8-11(13)14(16)17/h2-8H,1H3,(H,16,17). The molecule has 2 nitrogen and oxygen atoms in total. The van der Waals surface area contributed by atoms with Crippen LogP contribution in [0.25, 0.3) is 0 Å². The fraction of sp³-hybridized carbons (Fsp3) is 0.0714. The lowest BCUT2D eigenvalue weighted by molar-refractivity contribution is 0.0693. The molecule has 1 N–H and O–H groups in total. The monoisotopic (exact) mass is 278 g/mol. The van der Waals surface area contributed by atoms with E-state index in [1.165, 1.54) is 17.8 Å². The smallest absolute Gasteiger partial charge is 0.336 e. The molecule has 0 aliphatic rings. The van der Waals surface area contributed by atoms with Crippen LogP contribution in [0.15, 0.2) is 52.3 Å². The van der Waals surface area contributed by atoms with Crippen molar-refractivity contribution in [2.75, 3.05) is 0 Å². The number of hydrogen-bond acceptors (Lipinski definition) is 2. The third-order valence-corrected chi connectivity index (χ3v) is 3.97. The van der Waals surface area contributed by atoms with Gasteiger partial charge < -0.3 is 5.11 Å². The summed E-state index contributed by atoms with van der Waals surface area (Å²) in [6.07, 6.45) is 0. The van der Waals surface area contributed by atoms with Gasteiger partial charge in [-0.2, -0.15) is 0 Å². The summed E-state index contributed by atoms with van der Waals surface area (Å²) in [5, 5.41) is 9.60. The van der Waals surface area contributed by atoms with Gasteiger partial charge >= 0.3 is 5.97 Å². The lowest BCUT2D eigenvalue weighted by Crippen LogP contribution is -1.98. The third-order valence-electron chi connectivity index (χ3n) is 2.49. The zero-order chi connectivity index (χ0) is 13.1. The molecule has 4 heteroatoms. The number of halogens is 1. The summed E-state index contributed by atoms with van der Waals surface area (Å²) in [6.45, 7) is 2.00. The third kappa shape index (κ3) is 2.86. The zero-order valence-corrected chi connectivity index (χ0v) is 11.3. The number of carboxylic acid groups (broad SMARTS) is 1. The first-order valence-electron chi connectivity index (χ1n) is 5.34. The first kappa shape index (κ1) is 13.0. The topological polar surface area (TPSA) is 37.3 Å². The van der Waals surface area contributed by atoms with Gasteiger partial charge in [0.2, 0.25) is 0 Å². The van der Waals surface area contributed by atoms with Crippen molar-refractivity contribution in [2.45, 2.75) is 16.7 Å². The number of rotatable bonds is 3. The van der Waals surface area contributed by atoms with Crippen LogP contribution in [-0.4, -0.2) is 11.1 Å². The van der Waals surface area contributed by atoms with E-state index in [4.69, 9.17) is 16.7 Å². The number of benzene rings is 2. The van der Waals surface area contributed by atoms with Crippen LogP contribution in [0.4, 0.5) is 0 Å². The predicted octanol–water partition coefficient (Wildman–Crippen LogP) is 4.50. The predicted molar refractivity (Wildman–Crippen MR) is 73.7 cm³/mol. The summed E-state index contributed by atoms with van der Waals surface area (Å²) in [4.78, 5) is 12.9. The summed E-state index contributed by atoms with van der Waals surface area (Å²) >= 11 is 7.26. The van der Waals surface area contributed by atoms with E-state index in [0.29, 0.717) is 9.92 Å². The highest BCUT2D eigenvalue weighted by atomic mass is 35.5. The minimum absolute atomic E-state index is 0.232. The van der Waals surface area contributed by atoms with Crippen molar-refractivity contribution in [3.63, 3.8) is 0 Å². The van der Waals surface area contributed by atoms with Crippen LogP contribution in [0, 0.1) is 6.92 Å². The van der Waals surface area contributed by atoms with Gasteiger partial charge in [-0.15, -0.1) is 0 Å². The van der Waals surface area contributed by atoms with Gasteiger partial charge in [0.05, 0.1) is 5.56 Å². The molecule has 18 heavy (non-hydrogen) atoms. The van der Waals surface area contributed by atoms with Gasteiger partial charge in [0.25, 0.3) is 0 Å². The van der Waals surface area contributed by atoms with E-state index in [2.05, 4.69) is 0 Å². The summed E-state index contributed by atoms with van der Waals surface area (Å²) in [7, 11) is 0. The molecule has 0 aliphatic heterocycles. The van der Waals surface area contributed by atoms with Crippen molar-refractivity contribution in [3.8, 4) is 0 Å². The first-order chi connectivity index (χ1) is 8.58. The summed E-state index contributed by atoms with van der Waals surface area (Å²) < 4.78 is 0. The van der Waals surface area contributed by atoms with Crippen LogP contribution >= 0.6 is 23.4 Å². The molecule has 0 fully saturated rings. The van der Waals surface area contributed by atoms with E-state index in [9.17, 15) is 4.79 Å². The van der Waals surface area contributed by atoms with Gasteiger partial charge in [-0.1, -0.05) is 41.6 Å². The van der Waals surface area contributed by atoms with Crippen LogP contribution in [0.3, 0.4) is 0 Å². The Kier molecular flexibility index (Phi) is 3.94. The van der Waals surface area contributed by atoms with Crippen molar-refractivity contribution >= 4 is 29.3 Å². The molecule has 0 saturated carbocycles. The Morgan fingerprint density at radius 1 is 1.17 bits per heavy atom. The average molecular weight is 279 g/mol. The summed E-state index contributed by atoms with van der Waals surface area (Å²) in [6, 6.07) is 12.8. The van der Waals surface area contributed by atoms with E-state index >= 15 is 0 Å². The van der Waals surface area contributed by atoms with E-state index in [1.54, 1.807) is 12.1 Å². The fourth-order valence-corrected chi connectivity index (χ4v) is 2.72. The van der Waals surface area contributed by atoms with Gasteiger partial charge in [0.15, 0.2) is 0 Å². The molecular formula is C14H11ClO2S. The molecule has 2 aromatic rings. The average Bonchev–Trinajstić information content (AvgIpc) is 2.34. The lowest BCUT2D eigenvalue weighted by Gasteiger charge is -2.08. The zero-order valence-electron chi connectivity index (χ0n) is 9.68. The minimum atomic E-state index is -0.964. The van der Waals surface area contributed by atoms with Crippen LogP contribution in [0.1, 0.15) is 15.9 Å². The van der Waals surface area contributed by atoms with Crippen molar-refractivity contribution in [1.29, 1.82) is 0 Å². The normalized spacial score (nSPS) is 10.3. The summed E-state index contributed by atoms with van der Waals surface area (Å²) in [5.41, 5.74) is 1.35. The van der Waals surface area contributed by atoms with E-state index in [0.717, 1.165) is 10.5 Å². The van der Waals surface area contributed by atoms with Gasteiger partial charge in [0, 0.05) is 14.8 Å². The molecule has 0 aromatic heterocycles. The molecule has 0 spiro atoms. The van der Waals surface area contributed by atoms with Crippen LogP contribution in [0.5, 0.6) is 0 Å². The van der Waals surface area contributed by atoms with Crippen LogP contribution in [-0.2, 0) is 0 Å². The SMILES string of the molecule is Cc1ccccc1Sc1ccc(Cl)cc1C(=O)O. The Morgan fingerprint density at radius 2 is 1.89 bits per heavy atom. The second kappa shape index (κ2) is 5.46. The summed E-state index contributed by atoms with van der Waals surface area (Å²) in [5.74, 6) is -0.964. The lowest BCUT2D eigenvalue weighted by atomic mass is 10.2. The molecule has 0 saturated heterocycles. The Hall–Kier alpha value is -1.45. The number of carboxylic acids is 1. The Labute approximate surface area is 115 Å². The van der Waals surface area contributed by atoms with Crippen molar-refractivity contribution < 1.29 is 9.90 Å². The highest BCUT2D eigenvalue weighted by Gasteiger charge is 2.12. The Balaban J connectivity index is 2.41. The quantitative estimate of drug-likeness (QED) is 0.898. The van der Waals surface area contributed by atoms with Crippen LogP contribution in [0.2, 0.25) is 5.02 Å². The Bertz CT molecular complexity index is 596. The number of carbonyl (C=O) groups is 1. The molecule has 0 atom stereocenters. The molecule has 2 rings (SSSR count). The molecule has 0 aliphatic carbocycles. The molecular weight excluding hydrogens is 268 g/mol. The minimum Gasteiger partial charge on any atom is -0.478 e. The van der Waals surface area contributed by atoms with Gasteiger partial charge in [-0.25, -0.2) is 4.79 Å². The van der Waals surface area contributed by atoms with Crippen molar-refractivity contribution in [2.24, 2.45) is 0 Å². The maximum absolute atomic E-state index is 11.2. The number of aryl methyl sites for hydroxylation is 1. The van der Waals surface area contributed by atoms with E-state index in [-0.39, 0.29) is 5.56 Å². The number of aromatic carboxylic acids is 1. The molecule has 0 radical (unpaired) electrons. The van der Waals surface area contributed by atoms with Gasteiger partial charge in [-0.3, -0.25) is 0 Å². The molecule has 2 aromatic carbocycles. The van der Waals surface area contributed by atoms with E-state index < -0.39 is 5.97 Å². The van der Waals surface area contributed by atoms with Gasteiger partial charge in [0.1, 0.15) is 0 Å². The van der Waals surface area contributed by atoms with E-state index in [1.807, 2.05) is 31.2 Å². The highest BCUT2D eigenvalue weighted by molar-refractivity contribution is 7.99. The first-order valence-corrected chi connectivity index (χ1v) is 6.53. The largest absolute Gasteiger partial charge is 0.478 e. The molecule has 0 amide bonds. The van der Waals surface area contributed by atoms with Crippen molar-refractivity contribution in [1.82, 2.24) is 0 Å².